The number of nitrogens with zero attached hydrogens (tertiary/aromatic N) is 4. The van der Waals surface area contributed by atoms with Crippen molar-refractivity contribution < 1.29 is 33.4 Å². The summed E-state index contributed by atoms with van der Waals surface area (Å²) in [4.78, 5) is 45.9. The number of fused-ring (bicyclic) bond motifs is 2. The molecule has 0 aromatic heterocycles. The zero-order valence-electron chi connectivity index (χ0n) is 32.2. The van der Waals surface area contributed by atoms with E-state index in [-0.39, 0.29) is 41.6 Å². The molecule has 3 fully saturated rings. The summed E-state index contributed by atoms with van der Waals surface area (Å²) in [6.45, 7) is 7.06. The number of halogens is 1. The maximum absolute atomic E-state index is 16.2. The molecular weight excluding hydrogens is 726 g/mol. The van der Waals surface area contributed by atoms with Crippen LogP contribution in [0.2, 0.25) is 0 Å². The number of phenolic OH excluding ortho intramolecular Hbond substituents is 1. The highest BCUT2D eigenvalue weighted by atomic mass is 19.1. The molecule has 5 aliphatic rings. The molecule has 5 aliphatic heterocycles. The maximum atomic E-state index is 16.2. The summed E-state index contributed by atoms with van der Waals surface area (Å²) in [5.74, 6) is 0.760. The van der Waals surface area contributed by atoms with E-state index in [4.69, 9.17) is 9.47 Å². The molecule has 5 heterocycles. The van der Waals surface area contributed by atoms with Gasteiger partial charge in [0.15, 0.2) is 0 Å². The van der Waals surface area contributed by atoms with Crippen LogP contribution in [-0.4, -0.2) is 98.2 Å². The molecule has 3 atom stereocenters. The number of carbonyl (C=O) groups is 3. The van der Waals surface area contributed by atoms with Crippen molar-refractivity contribution in [3.63, 3.8) is 0 Å². The zero-order valence-corrected chi connectivity index (χ0v) is 32.2. The molecule has 3 amide bonds. The highest BCUT2D eigenvalue weighted by Gasteiger charge is 2.40. The molecule has 0 radical (unpaired) electrons. The Kier molecular flexibility index (Phi) is 9.98. The van der Waals surface area contributed by atoms with Crippen molar-refractivity contribution in [3.05, 3.63) is 112 Å². The molecule has 11 nitrogen and oxygen atoms in total. The van der Waals surface area contributed by atoms with E-state index in [1.54, 1.807) is 30.2 Å². The van der Waals surface area contributed by atoms with Crippen LogP contribution in [0.3, 0.4) is 0 Å². The second-order valence-electron chi connectivity index (χ2n) is 16.1. The topological polar surface area (TPSA) is 115 Å². The van der Waals surface area contributed by atoms with Gasteiger partial charge in [0.05, 0.1) is 19.4 Å². The smallest absolute Gasteiger partial charge is 0.255 e. The van der Waals surface area contributed by atoms with Crippen molar-refractivity contribution in [1.29, 1.82) is 0 Å². The molecule has 0 spiro atoms. The number of benzene rings is 4. The van der Waals surface area contributed by atoms with Gasteiger partial charge in [0.2, 0.25) is 11.8 Å². The first-order chi connectivity index (χ1) is 27.7. The van der Waals surface area contributed by atoms with Crippen molar-refractivity contribution in [3.8, 4) is 17.2 Å². The van der Waals surface area contributed by atoms with Crippen molar-refractivity contribution in [1.82, 2.24) is 15.1 Å². The SMILES string of the molecule is COc1cccc([C@H]2COc3cc(O)ccc3C2c2ccc(N3CCC(CN4CCN(c5ccc6c(c5)CN([C@H]5CCC(=O)NC5=O)C6=O)CC4)CC3)c(F)c2)c1. The summed E-state index contributed by atoms with van der Waals surface area (Å²) in [5.41, 5.74) is 6.12. The lowest BCUT2D eigenvalue weighted by Crippen LogP contribution is -2.52. The quantitative estimate of drug-likeness (QED) is 0.220. The summed E-state index contributed by atoms with van der Waals surface area (Å²) < 4.78 is 27.8. The lowest BCUT2D eigenvalue weighted by molar-refractivity contribution is -0.136. The largest absolute Gasteiger partial charge is 0.508 e. The first kappa shape index (κ1) is 37.0. The average molecular weight is 774 g/mol. The average Bonchev–Trinajstić information content (AvgIpc) is 3.55. The third kappa shape index (κ3) is 7.27. The van der Waals surface area contributed by atoms with E-state index in [9.17, 15) is 19.5 Å². The summed E-state index contributed by atoms with van der Waals surface area (Å²) in [7, 11) is 1.65. The standard InChI is InChI=1S/C45H48FN5O6/c1-56-34-4-2-3-29(22-34)37-27-57-41-24-33(52)7-9-36(41)43(37)30-5-10-39(38(46)23-30)50-15-13-28(14-16-50)25-48-17-19-49(20-18-48)32-6-8-35-31(21-32)26-51(45(35)55)40-11-12-42(53)47-44(40)54/h2-10,21-24,28,37,40,43,52H,11-20,25-27H2,1H3,(H,47,53,54)/t37-,40+,43?/m1/s1. The molecule has 3 saturated heterocycles. The molecule has 57 heavy (non-hydrogen) atoms. The third-order valence-corrected chi connectivity index (χ3v) is 12.7. The van der Waals surface area contributed by atoms with E-state index in [0.29, 0.717) is 42.5 Å². The predicted molar refractivity (Wildman–Crippen MR) is 214 cm³/mol. The van der Waals surface area contributed by atoms with Crippen LogP contribution in [0.1, 0.15) is 70.1 Å². The van der Waals surface area contributed by atoms with Gasteiger partial charge in [-0.25, -0.2) is 4.39 Å². The molecule has 1 unspecified atom stereocenters. The number of phenols is 1. The second-order valence-corrected chi connectivity index (χ2v) is 16.1. The predicted octanol–water partition coefficient (Wildman–Crippen LogP) is 5.65. The fourth-order valence-electron chi connectivity index (χ4n) is 9.61. The first-order valence-electron chi connectivity index (χ1n) is 20.1. The Bertz CT molecular complexity index is 2200. The highest BCUT2D eigenvalue weighted by Crippen LogP contribution is 2.48. The number of aromatic hydroxyl groups is 1. The van der Waals surface area contributed by atoms with Gasteiger partial charge in [-0.1, -0.05) is 24.3 Å². The van der Waals surface area contributed by atoms with E-state index < -0.39 is 11.9 Å². The Morgan fingerprint density at radius 2 is 1.68 bits per heavy atom. The second kappa shape index (κ2) is 15.4. The monoisotopic (exact) mass is 773 g/mol. The Hall–Kier alpha value is -5.62. The molecule has 4 aromatic rings. The van der Waals surface area contributed by atoms with Crippen LogP contribution in [0.4, 0.5) is 15.8 Å². The van der Waals surface area contributed by atoms with Crippen LogP contribution in [0.15, 0.2) is 78.9 Å². The number of carbonyl (C=O) groups excluding carboxylic acids is 3. The normalized spacial score (nSPS) is 22.9. The fraction of sp³-hybridized carbons (Fsp3) is 0.400. The molecule has 0 saturated carbocycles. The zero-order chi connectivity index (χ0) is 39.2. The van der Waals surface area contributed by atoms with Crippen LogP contribution in [0.5, 0.6) is 17.2 Å². The molecule has 0 bridgehead atoms. The first-order valence-corrected chi connectivity index (χ1v) is 20.1. The van der Waals surface area contributed by atoms with E-state index in [2.05, 4.69) is 38.2 Å². The van der Waals surface area contributed by atoms with Crippen LogP contribution in [-0.2, 0) is 16.1 Å². The minimum atomic E-state index is -0.612. The number of hydrogen-bond donors (Lipinski definition) is 2. The van der Waals surface area contributed by atoms with Crippen molar-refractivity contribution in [2.24, 2.45) is 5.92 Å². The maximum Gasteiger partial charge on any atom is 0.255 e. The number of piperazine rings is 1. The Morgan fingerprint density at radius 1 is 0.860 bits per heavy atom. The van der Waals surface area contributed by atoms with E-state index in [1.807, 2.05) is 42.5 Å². The molecule has 0 aliphatic carbocycles. The molecular formula is C45H48FN5O6. The molecule has 9 rings (SSSR count). The Labute approximate surface area is 331 Å². The molecule has 296 valence electrons. The van der Waals surface area contributed by atoms with E-state index >= 15 is 4.39 Å². The van der Waals surface area contributed by atoms with E-state index in [1.165, 1.54) is 0 Å². The van der Waals surface area contributed by atoms with Crippen molar-refractivity contribution in [2.45, 2.75) is 50.1 Å². The van der Waals surface area contributed by atoms with E-state index in [0.717, 1.165) is 92.3 Å². The number of amides is 3. The minimum absolute atomic E-state index is 0.0723. The van der Waals surface area contributed by atoms with Gasteiger partial charge in [0.25, 0.3) is 5.91 Å². The molecule has 12 heteroatoms. The van der Waals surface area contributed by atoms with Gasteiger partial charge in [-0.2, -0.15) is 0 Å². The summed E-state index contributed by atoms with van der Waals surface area (Å²) in [5, 5.41) is 12.5. The number of methoxy groups -OCH3 is 1. The number of imide groups is 1. The highest BCUT2D eigenvalue weighted by molar-refractivity contribution is 6.05. The van der Waals surface area contributed by atoms with Gasteiger partial charge >= 0.3 is 0 Å². The van der Waals surface area contributed by atoms with Crippen molar-refractivity contribution in [2.75, 3.05) is 69.3 Å². The number of hydrogen-bond acceptors (Lipinski definition) is 9. The van der Waals surface area contributed by atoms with Crippen LogP contribution in [0, 0.1) is 11.7 Å². The number of piperidine rings is 2. The van der Waals surface area contributed by atoms with Gasteiger partial charge in [-0.05, 0) is 90.4 Å². The summed E-state index contributed by atoms with van der Waals surface area (Å²) in [6, 6.07) is 24.2. The van der Waals surface area contributed by atoms with Crippen molar-refractivity contribution >= 4 is 29.1 Å². The van der Waals surface area contributed by atoms with Gasteiger partial charge in [0, 0.05) is 93.5 Å². The number of rotatable bonds is 8. The summed E-state index contributed by atoms with van der Waals surface area (Å²) in [6.07, 6.45) is 2.60. The van der Waals surface area contributed by atoms with Gasteiger partial charge in [-0.15, -0.1) is 0 Å². The molecule has 2 N–H and O–H groups in total. The van der Waals surface area contributed by atoms with Gasteiger partial charge in [-0.3, -0.25) is 24.6 Å². The van der Waals surface area contributed by atoms with Gasteiger partial charge in [0.1, 0.15) is 29.1 Å². The summed E-state index contributed by atoms with van der Waals surface area (Å²) >= 11 is 0. The minimum Gasteiger partial charge on any atom is -0.508 e. The number of ether oxygens (including phenoxy) is 2. The Morgan fingerprint density at radius 3 is 2.46 bits per heavy atom. The third-order valence-electron chi connectivity index (χ3n) is 12.7. The van der Waals surface area contributed by atoms with Crippen LogP contribution >= 0.6 is 0 Å². The lowest BCUT2D eigenvalue weighted by atomic mass is 9.75. The number of anilines is 2. The Balaban J connectivity index is 0.802. The van der Waals surface area contributed by atoms with Crippen LogP contribution < -0.4 is 24.6 Å². The lowest BCUT2D eigenvalue weighted by Gasteiger charge is -2.40. The van der Waals surface area contributed by atoms with Crippen LogP contribution in [0.25, 0.3) is 0 Å². The number of nitrogens with one attached hydrogen (secondary N) is 1. The molecule has 4 aromatic carbocycles. The van der Waals surface area contributed by atoms with Gasteiger partial charge < -0.3 is 29.3 Å². The fourth-order valence-corrected chi connectivity index (χ4v) is 9.61.